The van der Waals surface area contributed by atoms with E-state index in [0.717, 1.165) is 54.6 Å². The Kier molecular flexibility index (Phi) is 6.13. The molecule has 0 unspecified atom stereocenters. The molecule has 0 saturated carbocycles. The molecule has 0 amide bonds. The summed E-state index contributed by atoms with van der Waals surface area (Å²) >= 11 is 1.70. The predicted molar refractivity (Wildman–Crippen MR) is 124 cm³/mol. The molecule has 4 rings (SSSR count). The first kappa shape index (κ1) is 20.3. The van der Waals surface area contributed by atoms with Gasteiger partial charge in [-0.3, -0.25) is 4.90 Å². The Hall–Kier alpha value is -2.02. The number of nitrogens with one attached hydrogen (secondary N) is 1. The van der Waals surface area contributed by atoms with Crippen LogP contribution in [0.3, 0.4) is 0 Å². The van der Waals surface area contributed by atoms with Crippen molar-refractivity contribution in [3.63, 3.8) is 0 Å². The lowest BCUT2D eigenvalue weighted by Gasteiger charge is -2.40. The quantitative estimate of drug-likeness (QED) is 0.656. The Bertz CT molecular complexity index is 945. The number of rotatable bonds is 6. The molecule has 5 nitrogen and oxygen atoms in total. The second-order valence-corrected chi connectivity index (χ2v) is 9.20. The molecule has 1 N–H and O–H groups in total. The van der Waals surface area contributed by atoms with Crippen molar-refractivity contribution >= 4 is 27.4 Å². The zero-order chi connectivity index (χ0) is 20.4. The van der Waals surface area contributed by atoms with Crippen LogP contribution in [0.15, 0.2) is 35.7 Å². The van der Waals surface area contributed by atoms with Crippen molar-refractivity contribution in [2.75, 3.05) is 45.1 Å². The number of nitrogens with zero attached hydrogens (tertiary/aromatic N) is 4. The summed E-state index contributed by atoms with van der Waals surface area (Å²) in [6, 6.07) is 11.0. The van der Waals surface area contributed by atoms with E-state index in [1.165, 1.54) is 11.1 Å². The molecule has 0 spiro atoms. The van der Waals surface area contributed by atoms with E-state index in [1.807, 2.05) is 6.92 Å². The topological polar surface area (TPSA) is 44.3 Å². The Morgan fingerprint density at radius 3 is 2.48 bits per heavy atom. The summed E-state index contributed by atoms with van der Waals surface area (Å²) < 4.78 is 0. The predicted octanol–water partition coefficient (Wildman–Crippen LogP) is 4.35. The number of likely N-dealkylation sites (N-methyl/N-ethyl adjacent to an activating group) is 1. The van der Waals surface area contributed by atoms with Gasteiger partial charge in [-0.2, -0.15) is 0 Å². The molecule has 1 atom stereocenters. The van der Waals surface area contributed by atoms with Gasteiger partial charge >= 0.3 is 0 Å². The largest absolute Gasteiger partial charge is 0.368 e. The fourth-order valence-corrected chi connectivity index (χ4v) is 5.14. The number of hydrogen-bond donors (Lipinski definition) is 1. The zero-order valence-corrected chi connectivity index (χ0v) is 18.7. The van der Waals surface area contributed by atoms with E-state index in [-0.39, 0.29) is 0 Å². The summed E-state index contributed by atoms with van der Waals surface area (Å²) in [7, 11) is 2.21. The van der Waals surface area contributed by atoms with Crippen LogP contribution in [0.2, 0.25) is 0 Å². The van der Waals surface area contributed by atoms with Gasteiger partial charge in [-0.1, -0.05) is 44.2 Å². The van der Waals surface area contributed by atoms with Crippen molar-refractivity contribution < 1.29 is 0 Å². The standard InChI is InChI=1S/C23H31N5S/c1-16(2)20(28-12-10-27(4)11-13-28)14-24-22-21-19(18-8-6-5-7-9-18)15-29-23(21)26-17(3)25-22/h5-9,15-16,20H,10-14H2,1-4H3,(H,24,25,26)/t20-/m1/s1. The molecule has 1 aromatic carbocycles. The van der Waals surface area contributed by atoms with Gasteiger partial charge in [0, 0.05) is 49.7 Å². The summed E-state index contributed by atoms with van der Waals surface area (Å²) in [5.74, 6) is 2.37. The van der Waals surface area contributed by atoms with Gasteiger partial charge in [0.2, 0.25) is 0 Å². The summed E-state index contributed by atoms with van der Waals surface area (Å²) in [5.41, 5.74) is 2.43. The van der Waals surface area contributed by atoms with Crippen molar-refractivity contribution in [1.82, 2.24) is 19.8 Å². The Morgan fingerprint density at radius 1 is 1.07 bits per heavy atom. The molecule has 0 bridgehead atoms. The zero-order valence-electron chi connectivity index (χ0n) is 17.9. The molecule has 0 radical (unpaired) electrons. The van der Waals surface area contributed by atoms with Gasteiger partial charge in [0.1, 0.15) is 16.5 Å². The lowest BCUT2D eigenvalue weighted by atomic mass is 10.0. The number of aromatic nitrogens is 2. The highest BCUT2D eigenvalue weighted by Crippen LogP contribution is 2.37. The lowest BCUT2D eigenvalue weighted by molar-refractivity contribution is 0.0944. The molecule has 3 heterocycles. The van der Waals surface area contributed by atoms with Crippen LogP contribution in [0, 0.1) is 12.8 Å². The van der Waals surface area contributed by atoms with Gasteiger partial charge < -0.3 is 10.2 Å². The monoisotopic (exact) mass is 409 g/mol. The Balaban J connectivity index is 1.62. The lowest BCUT2D eigenvalue weighted by Crippen LogP contribution is -2.52. The van der Waals surface area contributed by atoms with E-state index in [9.17, 15) is 0 Å². The summed E-state index contributed by atoms with van der Waals surface area (Å²) in [4.78, 5) is 15.6. The normalized spacial score (nSPS) is 17.1. The minimum absolute atomic E-state index is 0.493. The highest BCUT2D eigenvalue weighted by atomic mass is 32.1. The number of hydrogen-bond acceptors (Lipinski definition) is 6. The molecular weight excluding hydrogens is 378 g/mol. The maximum absolute atomic E-state index is 4.81. The van der Waals surface area contributed by atoms with Gasteiger partial charge in [-0.25, -0.2) is 9.97 Å². The van der Waals surface area contributed by atoms with Gasteiger partial charge in [-0.05, 0) is 25.5 Å². The number of thiophene rings is 1. The Morgan fingerprint density at radius 2 is 1.79 bits per heavy atom. The van der Waals surface area contributed by atoms with Gasteiger partial charge in [0.05, 0.1) is 5.39 Å². The smallest absolute Gasteiger partial charge is 0.139 e. The van der Waals surface area contributed by atoms with Crippen molar-refractivity contribution in [3.05, 3.63) is 41.5 Å². The first-order valence-corrected chi connectivity index (χ1v) is 11.4. The van der Waals surface area contributed by atoms with Crippen LogP contribution in [0.4, 0.5) is 5.82 Å². The number of piperazine rings is 1. The van der Waals surface area contributed by atoms with Crippen molar-refractivity contribution in [3.8, 4) is 11.1 Å². The minimum atomic E-state index is 0.493. The van der Waals surface area contributed by atoms with Crippen LogP contribution >= 0.6 is 11.3 Å². The first-order valence-electron chi connectivity index (χ1n) is 10.5. The number of fused-ring (bicyclic) bond motifs is 1. The second-order valence-electron chi connectivity index (χ2n) is 8.35. The molecule has 6 heteroatoms. The van der Waals surface area contributed by atoms with Gasteiger partial charge in [-0.15, -0.1) is 11.3 Å². The molecule has 2 aromatic heterocycles. The van der Waals surface area contributed by atoms with Crippen molar-refractivity contribution in [2.24, 2.45) is 5.92 Å². The fourth-order valence-electron chi connectivity index (χ4n) is 4.15. The van der Waals surface area contributed by atoms with Gasteiger partial charge in [0.25, 0.3) is 0 Å². The highest BCUT2D eigenvalue weighted by molar-refractivity contribution is 7.17. The number of benzene rings is 1. The molecule has 1 fully saturated rings. The van der Waals surface area contributed by atoms with E-state index in [0.29, 0.717) is 12.0 Å². The molecule has 1 aliphatic heterocycles. The average Bonchev–Trinajstić information content (AvgIpc) is 3.13. The third-order valence-electron chi connectivity index (χ3n) is 5.89. The third-order valence-corrected chi connectivity index (χ3v) is 6.76. The molecule has 29 heavy (non-hydrogen) atoms. The molecule has 154 valence electrons. The fraction of sp³-hybridized carbons (Fsp3) is 0.478. The van der Waals surface area contributed by atoms with Crippen LogP contribution in [-0.2, 0) is 0 Å². The average molecular weight is 410 g/mol. The van der Waals surface area contributed by atoms with E-state index >= 15 is 0 Å². The SMILES string of the molecule is Cc1nc(NC[C@H](C(C)C)N2CCN(C)CC2)c2c(-c3ccccc3)csc2n1. The van der Waals surface area contributed by atoms with Crippen LogP contribution in [-0.4, -0.2) is 65.6 Å². The summed E-state index contributed by atoms with van der Waals surface area (Å²) in [5, 5.41) is 7.07. The third kappa shape index (κ3) is 4.44. The Labute approximate surface area is 177 Å². The van der Waals surface area contributed by atoms with E-state index in [4.69, 9.17) is 9.97 Å². The van der Waals surface area contributed by atoms with E-state index < -0.39 is 0 Å². The molecule has 3 aromatic rings. The van der Waals surface area contributed by atoms with Crippen molar-refractivity contribution in [2.45, 2.75) is 26.8 Å². The van der Waals surface area contributed by atoms with Crippen molar-refractivity contribution in [1.29, 1.82) is 0 Å². The van der Waals surface area contributed by atoms with Crippen LogP contribution in [0.5, 0.6) is 0 Å². The molecule has 1 aliphatic rings. The van der Waals surface area contributed by atoms with Crippen LogP contribution in [0.25, 0.3) is 21.3 Å². The minimum Gasteiger partial charge on any atom is -0.368 e. The molecule has 1 saturated heterocycles. The maximum atomic E-state index is 4.81. The van der Waals surface area contributed by atoms with Crippen LogP contribution in [0.1, 0.15) is 19.7 Å². The van der Waals surface area contributed by atoms with Crippen LogP contribution < -0.4 is 5.32 Å². The van der Waals surface area contributed by atoms with E-state index in [1.54, 1.807) is 11.3 Å². The summed E-state index contributed by atoms with van der Waals surface area (Å²) in [6.07, 6.45) is 0. The summed E-state index contributed by atoms with van der Waals surface area (Å²) in [6.45, 7) is 12.1. The number of aryl methyl sites for hydroxylation is 1. The molecular formula is C23H31N5S. The second kappa shape index (κ2) is 8.78. The van der Waals surface area contributed by atoms with Gasteiger partial charge in [0.15, 0.2) is 0 Å². The maximum Gasteiger partial charge on any atom is 0.139 e. The first-order chi connectivity index (χ1) is 14.0. The molecule has 0 aliphatic carbocycles. The highest BCUT2D eigenvalue weighted by Gasteiger charge is 2.25. The number of anilines is 1. The van der Waals surface area contributed by atoms with E-state index in [2.05, 4.69) is 71.7 Å².